The van der Waals surface area contributed by atoms with Gasteiger partial charge in [-0.2, -0.15) is 0 Å². The highest BCUT2D eigenvalue weighted by Crippen LogP contribution is 2.38. The van der Waals surface area contributed by atoms with Crippen LogP contribution in [0.15, 0.2) is 12.1 Å². The van der Waals surface area contributed by atoms with Gasteiger partial charge in [-0.1, -0.05) is 0 Å². The molecule has 0 saturated heterocycles. The van der Waals surface area contributed by atoms with Crippen LogP contribution >= 0.6 is 22.6 Å². The summed E-state index contributed by atoms with van der Waals surface area (Å²) in [6, 6.07) is 3.32. The lowest BCUT2D eigenvalue weighted by Crippen LogP contribution is -2.35. The van der Waals surface area contributed by atoms with Crippen LogP contribution in [-0.4, -0.2) is 17.2 Å². The molecular weight excluding hydrogens is 337 g/mol. The summed E-state index contributed by atoms with van der Waals surface area (Å²) in [6.45, 7) is 3.46. The summed E-state index contributed by atoms with van der Waals surface area (Å²) < 4.78 is 5.93. The Bertz CT molecular complexity index is 524. The summed E-state index contributed by atoms with van der Waals surface area (Å²) in [6.07, 6.45) is -0.633. The smallest absolute Gasteiger partial charge is 0.412 e. The molecule has 1 aromatic carbocycles. The number of hydrogen-bond donors (Lipinski definition) is 2. The predicted octanol–water partition coefficient (Wildman–Crippen LogP) is 2.79. The van der Waals surface area contributed by atoms with Gasteiger partial charge in [-0.3, -0.25) is 5.32 Å². The third-order valence-electron chi connectivity index (χ3n) is 2.56. The second kappa shape index (κ2) is 3.86. The lowest BCUT2D eigenvalue weighted by Gasteiger charge is -2.33. The Morgan fingerprint density at radius 1 is 1.47 bits per heavy atom. The van der Waals surface area contributed by atoms with E-state index in [9.17, 15) is 9.59 Å². The number of carbonyl (C=O) groups is 2. The van der Waals surface area contributed by atoms with Crippen molar-refractivity contribution in [2.24, 2.45) is 0 Å². The van der Waals surface area contributed by atoms with Gasteiger partial charge in [0.1, 0.15) is 5.60 Å². The fourth-order valence-electron chi connectivity index (χ4n) is 1.80. The van der Waals surface area contributed by atoms with Crippen molar-refractivity contribution in [1.29, 1.82) is 0 Å². The first-order valence-electron chi connectivity index (χ1n) is 4.88. The summed E-state index contributed by atoms with van der Waals surface area (Å²) in [5.74, 6) is -1.07. The van der Waals surface area contributed by atoms with Crippen LogP contribution in [0.2, 0.25) is 0 Å². The van der Waals surface area contributed by atoms with E-state index in [2.05, 4.69) is 5.32 Å². The van der Waals surface area contributed by atoms with Crippen molar-refractivity contribution in [1.82, 2.24) is 0 Å². The van der Waals surface area contributed by atoms with Gasteiger partial charge in [-0.05, 0) is 48.6 Å². The van der Waals surface area contributed by atoms with Gasteiger partial charge < -0.3 is 9.84 Å². The zero-order valence-corrected chi connectivity index (χ0v) is 11.4. The number of hydrogen-bond acceptors (Lipinski definition) is 3. The molecule has 0 radical (unpaired) electrons. The number of carbonyl (C=O) groups excluding carboxylic acids is 1. The molecule has 0 spiro atoms. The average Bonchev–Trinajstić information content (AvgIpc) is 2.17. The number of fused-ring (bicyclic) bond motifs is 1. The van der Waals surface area contributed by atoms with E-state index < -0.39 is 17.7 Å². The van der Waals surface area contributed by atoms with Crippen molar-refractivity contribution in [3.63, 3.8) is 0 Å². The van der Waals surface area contributed by atoms with Gasteiger partial charge >= 0.3 is 12.1 Å². The number of aromatic carboxylic acids is 1. The molecule has 1 aliphatic heterocycles. The third kappa shape index (κ3) is 2.08. The van der Waals surface area contributed by atoms with Gasteiger partial charge in [-0.15, -0.1) is 0 Å². The zero-order valence-electron chi connectivity index (χ0n) is 9.20. The summed E-state index contributed by atoms with van der Waals surface area (Å²) >= 11 is 2.04. The summed E-state index contributed by atoms with van der Waals surface area (Å²) in [5.41, 5.74) is 0.237. The molecule has 6 heteroatoms. The van der Waals surface area contributed by atoms with Gasteiger partial charge in [-0.25, -0.2) is 9.59 Å². The van der Waals surface area contributed by atoms with E-state index in [-0.39, 0.29) is 5.56 Å². The number of nitrogens with one attached hydrogen (secondary N) is 1. The SMILES string of the molecule is CC1(C)OC(=O)Nc2c(C(=O)O)cc(I)cc21. The molecule has 2 rings (SSSR count). The predicted molar refractivity (Wildman–Crippen MR) is 69.2 cm³/mol. The quantitative estimate of drug-likeness (QED) is 0.766. The Morgan fingerprint density at radius 2 is 2.12 bits per heavy atom. The Kier molecular flexibility index (Phi) is 2.76. The Labute approximate surface area is 111 Å². The Morgan fingerprint density at radius 3 is 2.71 bits per heavy atom. The van der Waals surface area contributed by atoms with E-state index in [0.29, 0.717) is 11.3 Å². The number of ether oxygens (including phenoxy) is 1. The lowest BCUT2D eigenvalue weighted by atomic mass is 9.92. The van der Waals surface area contributed by atoms with E-state index in [0.717, 1.165) is 3.57 Å². The van der Waals surface area contributed by atoms with Gasteiger partial charge in [0.2, 0.25) is 0 Å². The number of halogens is 1. The first-order valence-corrected chi connectivity index (χ1v) is 5.96. The molecule has 0 unspecified atom stereocenters. The highest BCUT2D eigenvalue weighted by Gasteiger charge is 2.36. The standard InChI is InChI=1S/C11H10INO4/c1-11(2)7-4-5(12)3-6(9(14)15)8(7)13-10(16)17-11/h3-4H,1-2H3,(H,13,16)(H,14,15). The average molecular weight is 347 g/mol. The number of carboxylic acids is 1. The van der Waals surface area contributed by atoms with Crippen LogP contribution < -0.4 is 5.32 Å². The van der Waals surface area contributed by atoms with Crippen LogP contribution in [0, 0.1) is 3.57 Å². The zero-order chi connectivity index (χ0) is 12.8. The highest BCUT2D eigenvalue weighted by molar-refractivity contribution is 14.1. The molecule has 0 atom stereocenters. The molecule has 1 amide bonds. The molecule has 0 aromatic heterocycles. The topological polar surface area (TPSA) is 75.6 Å². The van der Waals surface area contributed by atoms with Gasteiger partial charge in [0.05, 0.1) is 11.3 Å². The number of benzene rings is 1. The minimum Gasteiger partial charge on any atom is -0.478 e. The van der Waals surface area contributed by atoms with E-state index in [4.69, 9.17) is 9.84 Å². The van der Waals surface area contributed by atoms with Crippen LogP contribution in [0.5, 0.6) is 0 Å². The monoisotopic (exact) mass is 347 g/mol. The van der Waals surface area contributed by atoms with Crippen molar-refractivity contribution in [2.45, 2.75) is 19.4 Å². The van der Waals surface area contributed by atoms with Crippen LogP contribution in [0.4, 0.5) is 10.5 Å². The fourth-order valence-corrected chi connectivity index (χ4v) is 2.42. The van der Waals surface area contributed by atoms with Crippen LogP contribution in [0.3, 0.4) is 0 Å². The van der Waals surface area contributed by atoms with Crippen LogP contribution in [-0.2, 0) is 10.3 Å². The van der Waals surface area contributed by atoms with Gasteiger partial charge in [0, 0.05) is 9.13 Å². The van der Waals surface area contributed by atoms with Crippen molar-refractivity contribution in [3.8, 4) is 0 Å². The molecule has 0 fully saturated rings. The number of amides is 1. The third-order valence-corrected chi connectivity index (χ3v) is 3.18. The number of cyclic esters (lactones) is 1. The van der Waals surface area contributed by atoms with Crippen molar-refractivity contribution in [3.05, 3.63) is 26.8 Å². The molecule has 0 bridgehead atoms. The summed E-state index contributed by atoms with van der Waals surface area (Å²) in [7, 11) is 0. The molecular formula is C11H10INO4. The van der Waals surface area contributed by atoms with Crippen molar-refractivity contribution in [2.75, 3.05) is 5.32 Å². The molecule has 1 heterocycles. The van der Waals surface area contributed by atoms with Gasteiger partial charge in [0.15, 0.2) is 0 Å². The number of rotatable bonds is 1. The van der Waals surface area contributed by atoms with Crippen molar-refractivity contribution < 1.29 is 19.4 Å². The molecule has 5 nitrogen and oxygen atoms in total. The first-order chi connectivity index (χ1) is 7.81. The number of anilines is 1. The molecule has 90 valence electrons. The molecule has 0 aliphatic carbocycles. The first kappa shape index (κ1) is 12.2. The molecule has 1 aromatic rings. The molecule has 2 N–H and O–H groups in total. The van der Waals surface area contributed by atoms with Crippen molar-refractivity contribution >= 4 is 40.3 Å². The molecule has 17 heavy (non-hydrogen) atoms. The van der Waals surface area contributed by atoms with Crippen LogP contribution in [0.1, 0.15) is 29.8 Å². The lowest BCUT2D eigenvalue weighted by molar-refractivity contribution is 0.0418. The van der Waals surface area contributed by atoms with E-state index in [1.54, 1.807) is 13.8 Å². The minimum absolute atomic E-state index is 0.0802. The number of carboxylic acid groups (broad SMARTS) is 1. The highest BCUT2D eigenvalue weighted by atomic mass is 127. The van der Waals surface area contributed by atoms with Crippen LogP contribution in [0.25, 0.3) is 0 Å². The van der Waals surface area contributed by atoms with E-state index in [1.165, 1.54) is 6.07 Å². The summed E-state index contributed by atoms with van der Waals surface area (Å²) in [5, 5.41) is 11.6. The summed E-state index contributed by atoms with van der Waals surface area (Å²) in [4.78, 5) is 22.5. The van der Waals surface area contributed by atoms with E-state index >= 15 is 0 Å². The van der Waals surface area contributed by atoms with E-state index in [1.807, 2.05) is 28.7 Å². The fraction of sp³-hybridized carbons (Fsp3) is 0.273. The largest absolute Gasteiger partial charge is 0.478 e. The maximum Gasteiger partial charge on any atom is 0.412 e. The normalized spacial score (nSPS) is 16.8. The second-order valence-corrected chi connectivity index (χ2v) is 5.45. The minimum atomic E-state index is -1.07. The molecule has 1 aliphatic rings. The Balaban J connectivity index is 2.73. The Hall–Kier alpha value is -1.31. The maximum atomic E-state index is 11.4. The maximum absolute atomic E-state index is 11.4. The second-order valence-electron chi connectivity index (χ2n) is 4.21. The molecule has 0 saturated carbocycles. The van der Waals surface area contributed by atoms with Gasteiger partial charge in [0.25, 0.3) is 0 Å².